The van der Waals surface area contributed by atoms with Gasteiger partial charge in [0, 0.05) is 30.1 Å². The third-order valence-electron chi connectivity index (χ3n) is 3.45. The van der Waals surface area contributed by atoms with Gasteiger partial charge >= 0.3 is 0 Å². The van der Waals surface area contributed by atoms with Crippen molar-refractivity contribution in [2.24, 2.45) is 0 Å². The number of imidazole rings is 1. The van der Waals surface area contributed by atoms with E-state index in [1.807, 2.05) is 24.3 Å². The number of rotatable bonds is 5. The lowest BCUT2D eigenvalue weighted by Gasteiger charge is -2.02. The maximum atomic E-state index is 13.1. The molecule has 0 bridgehead atoms. The van der Waals surface area contributed by atoms with E-state index in [0.29, 0.717) is 5.69 Å². The van der Waals surface area contributed by atoms with Crippen LogP contribution >= 0.6 is 0 Å². The third-order valence-corrected chi connectivity index (χ3v) is 3.45. The van der Waals surface area contributed by atoms with Crippen molar-refractivity contribution in [2.75, 3.05) is 5.32 Å². The van der Waals surface area contributed by atoms with Gasteiger partial charge in [-0.3, -0.25) is 4.79 Å². The molecule has 1 amide bonds. The number of hydrogen-bond donors (Lipinski definition) is 2. The van der Waals surface area contributed by atoms with Gasteiger partial charge in [0.1, 0.15) is 5.82 Å². The molecule has 0 aliphatic rings. The predicted molar refractivity (Wildman–Crippen MR) is 91.9 cm³/mol. The van der Waals surface area contributed by atoms with Gasteiger partial charge in [0.25, 0.3) is 0 Å². The van der Waals surface area contributed by atoms with Gasteiger partial charge in [-0.1, -0.05) is 30.3 Å². The summed E-state index contributed by atoms with van der Waals surface area (Å²) in [4.78, 5) is 18.9. The number of aromatic nitrogens is 2. The molecule has 5 heteroatoms. The molecule has 0 aliphatic heterocycles. The first-order chi connectivity index (χ1) is 11.7. The standard InChI is InChI=1S/C19H16FN3O/c20-16-2-1-3-17(11-16)23-19(24)9-8-14-4-6-15(7-5-14)10-18-12-21-13-22-18/h1-9,11-13H,10H2,(H,21,22)(H,23,24)/b9-8+. The number of nitrogens with zero attached hydrogens (tertiary/aromatic N) is 1. The lowest BCUT2D eigenvalue weighted by molar-refractivity contribution is -0.111. The molecular formula is C19H16FN3O. The fourth-order valence-corrected chi connectivity index (χ4v) is 2.27. The molecule has 0 unspecified atom stereocenters. The van der Waals surface area contributed by atoms with Gasteiger partial charge in [0.2, 0.25) is 5.91 Å². The van der Waals surface area contributed by atoms with E-state index in [2.05, 4.69) is 15.3 Å². The fourth-order valence-electron chi connectivity index (χ4n) is 2.27. The quantitative estimate of drug-likeness (QED) is 0.702. The van der Waals surface area contributed by atoms with Crippen LogP contribution < -0.4 is 5.32 Å². The highest BCUT2D eigenvalue weighted by Crippen LogP contribution is 2.11. The Balaban J connectivity index is 1.58. The molecule has 0 spiro atoms. The monoisotopic (exact) mass is 321 g/mol. The molecule has 3 rings (SSSR count). The van der Waals surface area contributed by atoms with Crippen LogP contribution in [0.2, 0.25) is 0 Å². The van der Waals surface area contributed by atoms with E-state index in [0.717, 1.165) is 23.2 Å². The molecule has 3 aromatic rings. The second-order valence-electron chi connectivity index (χ2n) is 5.33. The van der Waals surface area contributed by atoms with E-state index in [-0.39, 0.29) is 11.7 Å². The maximum absolute atomic E-state index is 13.1. The second kappa shape index (κ2) is 7.37. The summed E-state index contributed by atoms with van der Waals surface area (Å²) in [6.45, 7) is 0. The minimum atomic E-state index is -0.385. The summed E-state index contributed by atoms with van der Waals surface area (Å²) in [6, 6.07) is 13.7. The molecule has 0 saturated carbocycles. The van der Waals surface area contributed by atoms with Crippen LogP contribution in [0.25, 0.3) is 6.08 Å². The summed E-state index contributed by atoms with van der Waals surface area (Å²) in [5.41, 5.74) is 3.55. The molecule has 1 heterocycles. The van der Waals surface area contributed by atoms with Gasteiger partial charge < -0.3 is 10.3 Å². The van der Waals surface area contributed by atoms with Crippen molar-refractivity contribution in [1.29, 1.82) is 0 Å². The normalized spacial score (nSPS) is 10.9. The van der Waals surface area contributed by atoms with Crippen LogP contribution in [0.15, 0.2) is 67.1 Å². The lowest BCUT2D eigenvalue weighted by Crippen LogP contribution is -2.07. The smallest absolute Gasteiger partial charge is 0.248 e. The molecule has 1 aromatic heterocycles. The minimum absolute atomic E-state index is 0.304. The second-order valence-corrected chi connectivity index (χ2v) is 5.33. The zero-order valence-electron chi connectivity index (χ0n) is 12.9. The Morgan fingerprint density at radius 3 is 2.75 bits per heavy atom. The first-order valence-corrected chi connectivity index (χ1v) is 7.50. The lowest BCUT2D eigenvalue weighted by atomic mass is 10.1. The van der Waals surface area contributed by atoms with Crippen molar-refractivity contribution in [1.82, 2.24) is 9.97 Å². The zero-order valence-corrected chi connectivity index (χ0v) is 12.9. The molecule has 2 aromatic carbocycles. The van der Waals surface area contributed by atoms with Crippen molar-refractivity contribution in [3.63, 3.8) is 0 Å². The highest BCUT2D eigenvalue weighted by Gasteiger charge is 2.00. The number of amides is 1. The van der Waals surface area contributed by atoms with Crippen molar-refractivity contribution in [3.05, 3.63) is 89.8 Å². The highest BCUT2D eigenvalue weighted by molar-refractivity contribution is 6.01. The third kappa shape index (κ3) is 4.39. The molecule has 2 N–H and O–H groups in total. The zero-order chi connectivity index (χ0) is 16.8. The van der Waals surface area contributed by atoms with Gasteiger partial charge in [-0.25, -0.2) is 9.37 Å². The molecule has 24 heavy (non-hydrogen) atoms. The first kappa shape index (κ1) is 15.7. The van der Waals surface area contributed by atoms with Crippen LogP contribution in [0.5, 0.6) is 0 Å². The Morgan fingerprint density at radius 1 is 1.21 bits per heavy atom. The number of nitrogens with one attached hydrogen (secondary N) is 2. The van der Waals surface area contributed by atoms with Crippen LogP contribution in [-0.2, 0) is 11.2 Å². The SMILES string of the molecule is O=C(/C=C/c1ccc(Cc2cnc[nH]2)cc1)Nc1cccc(F)c1. The number of aromatic amines is 1. The van der Waals surface area contributed by atoms with E-state index in [4.69, 9.17) is 0 Å². The van der Waals surface area contributed by atoms with Crippen LogP contribution in [0.1, 0.15) is 16.8 Å². The number of anilines is 1. The van der Waals surface area contributed by atoms with E-state index in [1.165, 1.54) is 18.2 Å². The van der Waals surface area contributed by atoms with Crippen LogP contribution in [-0.4, -0.2) is 15.9 Å². The van der Waals surface area contributed by atoms with E-state index in [9.17, 15) is 9.18 Å². The summed E-state index contributed by atoms with van der Waals surface area (Å²) in [5, 5.41) is 2.62. The molecule has 0 radical (unpaired) electrons. The predicted octanol–water partition coefficient (Wildman–Crippen LogP) is 3.79. The molecule has 0 fully saturated rings. The molecule has 0 saturated heterocycles. The van der Waals surface area contributed by atoms with Gasteiger partial charge in [-0.05, 0) is 35.4 Å². The van der Waals surface area contributed by atoms with Crippen molar-refractivity contribution in [2.45, 2.75) is 6.42 Å². The minimum Gasteiger partial charge on any atom is -0.348 e. The summed E-state index contributed by atoms with van der Waals surface area (Å²) in [7, 11) is 0. The van der Waals surface area contributed by atoms with E-state index >= 15 is 0 Å². The van der Waals surface area contributed by atoms with Gasteiger partial charge in [0.05, 0.1) is 6.33 Å². The number of halogens is 1. The molecule has 0 aliphatic carbocycles. The number of carbonyl (C=O) groups is 1. The molecule has 4 nitrogen and oxygen atoms in total. The topological polar surface area (TPSA) is 57.8 Å². The fraction of sp³-hybridized carbons (Fsp3) is 0.0526. The van der Waals surface area contributed by atoms with Gasteiger partial charge in [0.15, 0.2) is 0 Å². The average Bonchev–Trinajstić information content (AvgIpc) is 3.07. The van der Waals surface area contributed by atoms with Crippen LogP contribution in [0.3, 0.4) is 0 Å². The summed E-state index contributed by atoms with van der Waals surface area (Å²) >= 11 is 0. The van der Waals surface area contributed by atoms with Crippen molar-refractivity contribution >= 4 is 17.7 Å². The average molecular weight is 321 g/mol. The molecular weight excluding hydrogens is 305 g/mol. The summed E-state index contributed by atoms with van der Waals surface area (Å²) in [5.74, 6) is -0.688. The Morgan fingerprint density at radius 2 is 2.04 bits per heavy atom. The van der Waals surface area contributed by atoms with E-state index < -0.39 is 0 Å². The summed E-state index contributed by atoms with van der Waals surface area (Å²) in [6.07, 6.45) is 7.38. The van der Waals surface area contributed by atoms with Crippen LogP contribution in [0, 0.1) is 5.82 Å². The Labute approximate surface area is 139 Å². The highest BCUT2D eigenvalue weighted by atomic mass is 19.1. The Bertz CT molecular complexity index is 839. The number of carbonyl (C=O) groups excluding carboxylic acids is 1. The number of benzene rings is 2. The number of hydrogen-bond acceptors (Lipinski definition) is 2. The molecule has 0 atom stereocenters. The van der Waals surface area contributed by atoms with Crippen LogP contribution in [0.4, 0.5) is 10.1 Å². The number of H-pyrrole nitrogens is 1. The maximum Gasteiger partial charge on any atom is 0.248 e. The van der Waals surface area contributed by atoms with Gasteiger partial charge in [-0.15, -0.1) is 0 Å². The molecule has 120 valence electrons. The van der Waals surface area contributed by atoms with Crippen molar-refractivity contribution < 1.29 is 9.18 Å². The summed E-state index contributed by atoms with van der Waals surface area (Å²) < 4.78 is 13.1. The van der Waals surface area contributed by atoms with Crippen molar-refractivity contribution in [3.8, 4) is 0 Å². The van der Waals surface area contributed by atoms with E-state index in [1.54, 1.807) is 30.7 Å². The first-order valence-electron chi connectivity index (χ1n) is 7.50. The Hall–Kier alpha value is -3.21. The van der Waals surface area contributed by atoms with Gasteiger partial charge in [-0.2, -0.15) is 0 Å². The largest absolute Gasteiger partial charge is 0.348 e. The Kier molecular flexibility index (Phi) is 4.81.